The van der Waals surface area contributed by atoms with Gasteiger partial charge in [-0.05, 0) is 30.9 Å². The number of rotatable bonds is 10. The molecule has 0 unspecified atom stereocenters. The number of nitrogens with one attached hydrogen (secondary N) is 2. The van der Waals surface area contributed by atoms with E-state index < -0.39 is 24.0 Å². The van der Waals surface area contributed by atoms with E-state index in [9.17, 15) is 14.4 Å². The van der Waals surface area contributed by atoms with Crippen LogP contribution in [0.3, 0.4) is 0 Å². The van der Waals surface area contributed by atoms with Crippen LogP contribution in [0.1, 0.15) is 24.8 Å². The van der Waals surface area contributed by atoms with Gasteiger partial charge in [-0.2, -0.15) is 0 Å². The number of esters is 1. The van der Waals surface area contributed by atoms with Crippen molar-refractivity contribution in [2.24, 2.45) is 0 Å². The molecule has 0 fully saturated rings. The van der Waals surface area contributed by atoms with E-state index in [-0.39, 0.29) is 6.61 Å². The van der Waals surface area contributed by atoms with Gasteiger partial charge in [0.25, 0.3) is 0 Å². The minimum absolute atomic E-state index is 0.213. The summed E-state index contributed by atoms with van der Waals surface area (Å²) in [5.41, 5.74) is 0.913. The Balaban J connectivity index is 2.20. The lowest BCUT2D eigenvalue weighted by Crippen LogP contribution is -2.40. The van der Waals surface area contributed by atoms with Crippen molar-refractivity contribution in [1.29, 1.82) is 0 Å². The Morgan fingerprint density at radius 1 is 1.20 bits per heavy atom. The molecule has 0 aliphatic rings. The fraction of sp³-hybridized carbons (Fsp3) is 0.389. The molecule has 0 aromatic heterocycles. The second-order valence-electron chi connectivity index (χ2n) is 5.27. The summed E-state index contributed by atoms with van der Waals surface area (Å²) in [6.45, 7) is 3.97. The van der Waals surface area contributed by atoms with E-state index >= 15 is 0 Å². The third kappa shape index (κ3) is 8.55. The summed E-state index contributed by atoms with van der Waals surface area (Å²) >= 11 is 0. The van der Waals surface area contributed by atoms with Gasteiger partial charge in [0.2, 0.25) is 5.91 Å². The molecule has 1 atom stereocenters. The number of methoxy groups -OCH3 is 1. The molecule has 7 nitrogen and oxygen atoms in total. The molecule has 0 saturated heterocycles. The van der Waals surface area contributed by atoms with Crippen LogP contribution in [0.15, 0.2) is 43.0 Å². The van der Waals surface area contributed by atoms with Crippen LogP contribution in [-0.2, 0) is 25.7 Å². The molecule has 1 rings (SSSR count). The predicted octanol–water partition coefficient (Wildman–Crippen LogP) is 1.93. The van der Waals surface area contributed by atoms with Gasteiger partial charge >= 0.3 is 12.1 Å². The van der Waals surface area contributed by atoms with Gasteiger partial charge in [0, 0.05) is 6.54 Å². The Kier molecular flexibility index (Phi) is 9.43. The van der Waals surface area contributed by atoms with E-state index in [4.69, 9.17) is 4.74 Å². The Morgan fingerprint density at radius 2 is 1.92 bits per heavy atom. The molecule has 1 aromatic rings. The molecule has 25 heavy (non-hydrogen) atoms. The first kappa shape index (κ1) is 20.2. The molecule has 0 aliphatic carbocycles. The highest BCUT2D eigenvalue weighted by Gasteiger charge is 2.19. The molecule has 1 aromatic carbocycles. The van der Waals surface area contributed by atoms with Crippen LogP contribution in [0, 0.1) is 0 Å². The van der Waals surface area contributed by atoms with E-state index in [0.717, 1.165) is 11.6 Å². The molecule has 7 heteroatoms. The number of ether oxygens (including phenoxy) is 2. The van der Waals surface area contributed by atoms with Gasteiger partial charge in [-0.1, -0.05) is 36.9 Å². The molecule has 0 spiro atoms. The molecule has 0 bridgehead atoms. The van der Waals surface area contributed by atoms with E-state index in [2.05, 4.69) is 21.9 Å². The number of benzene rings is 1. The molecule has 0 aliphatic heterocycles. The predicted molar refractivity (Wildman–Crippen MR) is 92.6 cm³/mol. The molecule has 0 heterocycles. The van der Waals surface area contributed by atoms with Crippen LogP contribution < -0.4 is 10.6 Å². The summed E-state index contributed by atoms with van der Waals surface area (Å²) in [5.74, 6) is -0.941. The zero-order chi connectivity index (χ0) is 18.5. The van der Waals surface area contributed by atoms with Crippen LogP contribution in [0.2, 0.25) is 0 Å². The SMILES string of the molecule is C=CC(=O)N[C@@H](CCCCNC(=O)OCc1ccccc1)C(=O)OC. The summed E-state index contributed by atoms with van der Waals surface area (Å²) in [5, 5.41) is 5.15. The molecule has 0 saturated carbocycles. The standard InChI is InChI=1S/C18H24N2O5/c1-3-16(21)20-15(17(22)24-2)11-7-8-12-19-18(23)25-13-14-9-5-4-6-10-14/h3-6,9-10,15H,1,7-8,11-13H2,2H3,(H,19,23)(H,20,21)/t15-/m0/s1. The van der Waals surface area contributed by atoms with Crippen LogP contribution in [0.5, 0.6) is 0 Å². The maximum absolute atomic E-state index is 11.6. The topological polar surface area (TPSA) is 93.7 Å². The number of hydrogen-bond donors (Lipinski definition) is 2. The monoisotopic (exact) mass is 348 g/mol. The highest BCUT2D eigenvalue weighted by atomic mass is 16.5. The number of hydrogen-bond acceptors (Lipinski definition) is 5. The van der Waals surface area contributed by atoms with Gasteiger partial charge < -0.3 is 20.1 Å². The molecule has 2 N–H and O–H groups in total. The highest BCUT2D eigenvalue weighted by molar-refractivity contribution is 5.90. The lowest BCUT2D eigenvalue weighted by molar-refractivity contribution is -0.144. The second kappa shape index (κ2) is 11.7. The van der Waals surface area contributed by atoms with Crippen molar-refractivity contribution in [2.75, 3.05) is 13.7 Å². The van der Waals surface area contributed by atoms with E-state index in [1.54, 1.807) is 0 Å². The van der Waals surface area contributed by atoms with Crippen molar-refractivity contribution in [1.82, 2.24) is 10.6 Å². The third-order valence-electron chi connectivity index (χ3n) is 3.39. The van der Waals surface area contributed by atoms with Crippen molar-refractivity contribution in [3.05, 3.63) is 48.6 Å². The van der Waals surface area contributed by atoms with Gasteiger partial charge in [-0.15, -0.1) is 0 Å². The van der Waals surface area contributed by atoms with Crippen LogP contribution >= 0.6 is 0 Å². The van der Waals surface area contributed by atoms with Crippen molar-refractivity contribution in [2.45, 2.75) is 31.9 Å². The normalized spacial score (nSPS) is 11.1. The number of unbranched alkanes of at least 4 members (excludes halogenated alkanes) is 1. The minimum atomic E-state index is -0.722. The summed E-state index contributed by atoms with van der Waals surface area (Å²) < 4.78 is 9.74. The Morgan fingerprint density at radius 3 is 2.56 bits per heavy atom. The van der Waals surface area contributed by atoms with E-state index in [1.165, 1.54) is 7.11 Å². The third-order valence-corrected chi connectivity index (χ3v) is 3.39. The molecular weight excluding hydrogens is 324 g/mol. The van der Waals surface area contributed by atoms with Crippen molar-refractivity contribution in [3.8, 4) is 0 Å². The minimum Gasteiger partial charge on any atom is -0.467 e. The maximum Gasteiger partial charge on any atom is 0.407 e. The van der Waals surface area contributed by atoms with E-state index in [1.807, 2.05) is 30.3 Å². The largest absolute Gasteiger partial charge is 0.467 e. The summed E-state index contributed by atoms with van der Waals surface area (Å²) in [4.78, 5) is 34.5. The first-order chi connectivity index (χ1) is 12.1. The van der Waals surface area contributed by atoms with Gasteiger partial charge in [-0.3, -0.25) is 4.79 Å². The number of amides is 2. The average Bonchev–Trinajstić information content (AvgIpc) is 2.65. The second-order valence-corrected chi connectivity index (χ2v) is 5.27. The van der Waals surface area contributed by atoms with Crippen molar-refractivity contribution < 1.29 is 23.9 Å². The number of alkyl carbamates (subject to hydrolysis) is 1. The van der Waals surface area contributed by atoms with Crippen molar-refractivity contribution >= 4 is 18.0 Å². The Bertz CT molecular complexity index is 574. The van der Waals surface area contributed by atoms with Crippen LogP contribution in [0.25, 0.3) is 0 Å². The van der Waals surface area contributed by atoms with Gasteiger partial charge in [-0.25, -0.2) is 9.59 Å². The first-order valence-electron chi connectivity index (χ1n) is 8.02. The molecule has 136 valence electrons. The fourth-order valence-electron chi connectivity index (χ4n) is 2.06. The average molecular weight is 348 g/mol. The zero-order valence-corrected chi connectivity index (χ0v) is 14.3. The Labute approximate surface area is 147 Å². The highest BCUT2D eigenvalue weighted by Crippen LogP contribution is 2.04. The lowest BCUT2D eigenvalue weighted by Gasteiger charge is -2.15. The first-order valence-corrected chi connectivity index (χ1v) is 8.02. The molecule has 2 amide bonds. The van der Waals surface area contributed by atoms with Gasteiger partial charge in [0.05, 0.1) is 7.11 Å². The van der Waals surface area contributed by atoms with Crippen LogP contribution in [-0.4, -0.2) is 37.7 Å². The quantitative estimate of drug-likeness (QED) is 0.383. The Hall–Kier alpha value is -2.83. The van der Waals surface area contributed by atoms with E-state index in [0.29, 0.717) is 25.8 Å². The number of carbonyl (C=O) groups is 3. The smallest absolute Gasteiger partial charge is 0.407 e. The molecule has 0 radical (unpaired) electrons. The van der Waals surface area contributed by atoms with Crippen LogP contribution in [0.4, 0.5) is 4.79 Å². The van der Waals surface area contributed by atoms with Gasteiger partial charge in [0.1, 0.15) is 12.6 Å². The maximum atomic E-state index is 11.6. The summed E-state index contributed by atoms with van der Waals surface area (Å²) in [6, 6.07) is 8.66. The lowest BCUT2D eigenvalue weighted by atomic mass is 10.1. The zero-order valence-electron chi connectivity index (χ0n) is 14.3. The van der Waals surface area contributed by atoms with Crippen molar-refractivity contribution in [3.63, 3.8) is 0 Å². The summed E-state index contributed by atoms with van der Waals surface area (Å²) in [7, 11) is 1.26. The number of carbonyl (C=O) groups excluding carboxylic acids is 3. The molecular formula is C18H24N2O5. The van der Waals surface area contributed by atoms with Gasteiger partial charge in [0.15, 0.2) is 0 Å². The fourth-order valence-corrected chi connectivity index (χ4v) is 2.06. The summed E-state index contributed by atoms with van der Waals surface area (Å²) in [6.07, 6.45) is 2.27.